The molecule has 1 aromatic carbocycles. The summed E-state index contributed by atoms with van der Waals surface area (Å²) in [6.45, 7) is 4.58. The van der Waals surface area contributed by atoms with Gasteiger partial charge >= 0.3 is 0 Å². The first-order valence-corrected chi connectivity index (χ1v) is 7.75. The van der Waals surface area contributed by atoms with Crippen molar-refractivity contribution in [2.75, 3.05) is 6.54 Å². The van der Waals surface area contributed by atoms with Crippen LogP contribution in [0.25, 0.3) is 5.78 Å². The second-order valence-electron chi connectivity index (χ2n) is 5.64. The predicted octanol–water partition coefficient (Wildman–Crippen LogP) is 2.64. The molecule has 0 amide bonds. The molecule has 0 atom stereocenters. The molecule has 5 nitrogen and oxygen atoms in total. The molecule has 3 aromatic rings. The minimum atomic E-state index is 0.549. The van der Waals surface area contributed by atoms with Crippen molar-refractivity contribution >= 4 is 17.4 Å². The predicted molar refractivity (Wildman–Crippen MR) is 84.8 cm³/mol. The lowest BCUT2D eigenvalue weighted by Gasteiger charge is -2.29. The van der Waals surface area contributed by atoms with Gasteiger partial charge in [0.15, 0.2) is 0 Å². The lowest BCUT2D eigenvalue weighted by atomic mass is 10.1. The van der Waals surface area contributed by atoms with Crippen molar-refractivity contribution in [3.8, 4) is 0 Å². The summed E-state index contributed by atoms with van der Waals surface area (Å²) in [5, 5.41) is 4.99. The Balaban J connectivity index is 1.67. The molecule has 6 heteroatoms. The zero-order chi connectivity index (χ0) is 15.1. The van der Waals surface area contributed by atoms with Crippen molar-refractivity contribution in [2.24, 2.45) is 0 Å². The molecular weight excluding hydrogens is 298 g/mol. The van der Waals surface area contributed by atoms with Crippen molar-refractivity contribution < 1.29 is 0 Å². The molecule has 4 rings (SSSR count). The molecule has 1 aliphatic heterocycles. The largest absolute Gasteiger partial charge is 0.294 e. The Morgan fingerprint density at radius 2 is 2.00 bits per heavy atom. The molecule has 0 fully saturated rings. The fraction of sp³-hybridized carbons (Fsp3) is 0.312. The van der Waals surface area contributed by atoms with E-state index in [1.807, 2.05) is 17.5 Å². The molecule has 112 valence electrons. The molecule has 0 N–H and O–H groups in total. The van der Waals surface area contributed by atoms with Crippen molar-refractivity contribution in [3.05, 3.63) is 58.1 Å². The molecule has 22 heavy (non-hydrogen) atoms. The standard InChI is InChI=1S/C16H16ClN5/c1-11-18-16-19-15(17)13-10-21(8-7-14(13)22(16)20-11)9-12-5-3-2-4-6-12/h2-6H,7-10H2,1H3. The maximum atomic E-state index is 6.38. The van der Waals surface area contributed by atoms with E-state index in [2.05, 4.69) is 44.2 Å². The smallest absolute Gasteiger partial charge is 0.254 e. The van der Waals surface area contributed by atoms with Crippen LogP contribution in [0.5, 0.6) is 0 Å². The zero-order valence-electron chi connectivity index (χ0n) is 12.3. The number of hydrogen-bond acceptors (Lipinski definition) is 4. The fourth-order valence-corrected chi connectivity index (χ4v) is 3.26. The van der Waals surface area contributed by atoms with E-state index in [0.717, 1.165) is 43.1 Å². The van der Waals surface area contributed by atoms with Gasteiger partial charge in [0.1, 0.15) is 11.0 Å². The van der Waals surface area contributed by atoms with Crippen LogP contribution in [0.3, 0.4) is 0 Å². The van der Waals surface area contributed by atoms with Gasteiger partial charge in [0, 0.05) is 31.6 Å². The van der Waals surface area contributed by atoms with E-state index in [1.54, 1.807) is 0 Å². The number of benzene rings is 1. The van der Waals surface area contributed by atoms with Crippen molar-refractivity contribution in [1.29, 1.82) is 0 Å². The summed E-state index contributed by atoms with van der Waals surface area (Å²) >= 11 is 6.38. The van der Waals surface area contributed by atoms with Crippen LogP contribution in [-0.2, 0) is 19.5 Å². The number of aromatic nitrogens is 4. The minimum absolute atomic E-state index is 0.549. The third kappa shape index (κ3) is 2.36. The molecule has 1 aliphatic rings. The molecular formula is C16H16ClN5. The molecule has 0 aliphatic carbocycles. The van der Waals surface area contributed by atoms with Gasteiger partial charge in [-0.1, -0.05) is 41.9 Å². The number of halogens is 1. The Hall–Kier alpha value is -1.98. The quantitative estimate of drug-likeness (QED) is 0.682. The number of fused-ring (bicyclic) bond motifs is 3. The average Bonchev–Trinajstić information content (AvgIpc) is 2.89. The second-order valence-corrected chi connectivity index (χ2v) is 6.00. The van der Waals surface area contributed by atoms with E-state index in [4.69, 9.17) is 11.6 Å². The van der Waals surface area contributed by atoms with Gasteiger partial charge < -0.3 is 0 Å². The molecule has 0 spiro atoms. The van der Waals surface area contributed by atoms with E-state index in [0.29, 0.717) is 10.9 Å². The van der Waals surface area contributed by atoms with Crippen LogP contribution in [0.1, 0.15) is 22.6 Å². The van der Waals surface area contributed by atoms with E-state index in [1.165, 1.54) is 5.56 Å². The Kier molecular flexibility index (Phi) is 3.32. The first-order valence-electron chi connectivity index (χ1n) is 7.37. The zero-order valence-corrected chi connectivity index (χ0v) is 13.1. The van der Waals surface area contributed by atoms with Gasteiger partial charge in [0.05, 0.1) is 5.69 Å². The SMILES string of the molecule is Cc1nc2nc(Cl)c3c(n2n1)CCN(Cc1ccccc1)C3. The Morgan fingerprint density at radius 1 is 1.18 bits per heavy atom. The van der Waals surface area contributed by atoms with E-state index in [9.17, 15) is 0 Å². The van der Waals surface area contributed by atoms with E-state index >= 15 is 0 Å². The Bertz CT molecular complexity index is 827. The van der Waals surface area contributed by atoms with Gasteiger partial charge in [0.2, 0.25) is 0 Å². The normalized spacial score (nSPS) is 15.2. The summed E-state index contributed by atoms with van der Waals surface area (Å²) in [6.07, 6.45) is 0.906. The number of rotatable bonds is 2. The van der Waals surface area contributed by atoms with Gasteiger partial charge in [-0.15, -0.1) is 0 Å². The first kappa shape index (κ1) is 13.7. The highest BCUT2D eigenvalue weighted by molar-refractivity contribution is 6.30. The third-order valence-corrected chi connectivity index (χ3v) is 4.36. The van der Waals surface area contributed by atoms with Crippen LogP contribution < -0.4 is 0 Å². The van der Waals surface area contributed by atoms with E-state index < -0.39 is 0 Å². The number of nitrogens with zero attached hydrogens (tertiary/aromatic N) is 5. The summed E-state index contributed by atoms with van der Waals surface area (Å²) in [5.41, 5.74) is 3.52. The topological polar surface area (TPSA) is 46.3 Å². The summed E-state index contributed by atoms with van der Waals surface area (Å²) < 4.78 is 1.84. The summed E-state index contributed by atoms with van der Waals surface area (Å²) in [5.74, 6) is 1.32. The highest BCUT2D eigenvalue weighted by atomic mass is 35.5. The van der Waals surface area contributed by atoms with Gasteiger partial charge in [0.25, 0.3) is 5.78 Å². The highest BCUT2D eigenvalue weighted by Gasteiger charge is 2.23. The van der Waals surface area contributed by atoms with Gasteiger partial charge in [-0.2, -0.15) is 15.1 Å². The van der Waals surface area contributed by atoms with Gasteiger partial charge in [-0.05, 0) is 12.5 Å². The van der Waals surface area contributed by atoms with Gasteiger partial charge in [-0.3, -0.25) is 4.90 Å². The fourth-order valence-electron chi connectivity index (χ4n) is 3.02. The molecule has 0 saturated heterocycles. The summed E-state index contributed by atoms with van der Waals surface area (Å²) in [6, 6.07) is 10.5. The monoisotopic (exact) mass is 313 g/mol. The van der Waals surface area contributed by atoms with Crippen molar-refractivity contribution in [2.45, 2.75) is 26.4 Å². The number of aryl methyl sites for hydroxylation is 1. The van der Waals surface area contributed by atoms with Crippen molar-refractivity contribution in [3.63, 3.8) is 0 Å². The average molecular weight is 314 g/mol. The van der Waals surface area contributed by atoms with Gasteiger partial charge in [-0.25, -0.2) is 4.52 Å². The lowest BCUT2D eigenvalue weighted by Crippen LogP contribution is -2.32. The van der Waals surface area contributed by atoms with Crippen molar-refractivity contribution in [1.82, 2.24) is 24.5 Å². The first-order chi connectivity index (χ1) is 10.7. The van der Waals surface area contributed by atoms with Crippen LogP contribution in [0.15, 0.2) is 30.3 Å². The lowest BCUT2D eigenvalue weighted by molar-refractivity contribution is 0.241. The third-order valence-electron chi connectivity index (χ3n) is 4.04. The van der Waals surface area contributed by atoms with Crippen LogP contribution in [0, 0.1) is 6.92 Å². The Labute approximate surface area is 133 Å². The van der Waals surface area contributed by atoms with Crippen LogP contribution in [0.2, 0.25) is 5.15 Å². The van der Waals surface area contributed by atoms with Crippen LogP contribution in [0.4, 0.5) is 0 Å². The number of hydrogen-bond donors (Lipinski definition) is 0. The molecule has 2 aromatic heterocycles. The molecule has 3 heterocycles. The molecule has 0 saturated carbocycles. The van der Waals surface area contributed by atoms with Crippen LogP contribution in [-0.4, -0.2) is 31.0 Å². The van der Waals surface area contributed by atoms with Crippen LogP contribution >= 0.6 is 11.6 Å². The highest BCUT2D eigenvalue weighted by Crippen LogP contribution is 2.26. The summed E-state index contributed by atoms with van der Waals surface area (Å²) in [7, 11) is 0. The second kappa shape index (κ2) is 5.34. The maximum absolute atomic E-state index is 6.38. The molecule has 0 bridgehead atoms. The summed E-state index contributed by atoms with van der Waals surface area (Å²) in [4.78, 5) is 11.1. The molecule has 0 radical (unpaired) electrons. The maximum Gasteiger partial charge on any atom is 0.254 e. The molecule has 0 unspecified atom stereocenters. The van der Waals surface area contributed by atoms with E-state index in [-0.39, 0.29) is 0 Å². The minimum Gasteiger partial charge on any atom is -0.294 e. The Morgan fingerprint density at radius 3 is 2.82 bits per heavy atom.